The molecule has 1 aromatic rings. The molecule has 0 atom stereocenters. The first-order chi connectivity index (χ1) is 8.65. The van der Waals surface area contributed by atoms with Crippen LogP contribution < -0.4 is 10.1 Å². The number of thiocarbonyl (C=S) groups is 1. The van der Waals surface area contributed by atoms with Gasteiger partial charge in [-0.1, -0.05) is 17.7 Å². The molecule has 0 amide bonds. The van der Waals surface area contributed by atoms with Crippen LogP contribution in [0, 0.1) is 0 Å². The number of nitrogens with zero attached hydrogens (tertiary/aromatic N) is 1. The summed E-state index contributed by atoms with van der Waals surface area (Å²) >= 11 is 11.2. The van der Waals surface area contributed by atoms with Crippen molar-refractivity contribution >= 4 is 28.9 Å². The summed E-state index contributed by atoms with van der Waals surface area (Å²) in [4.78, 5) is 2.00. The molecule has 1 saturated carbocycles. The van der Waals surface area contributed by atoms with Crippen LogP contribution in [0.5, 0.6) is 5.75 Å². The van der Waals surface area contributed by atoms with Gasteiger partial charge in [0.25, 0.3) is 0 Å². The Morgan fingerprint density at radius 1 is 1.56 bits per heavy atom. The summed E-state index contributed by atoms with van der Waals surface area (Å²) in [6.45, 7) is 1.34. The fraction of sp³-hybridized carbons (Fsp3) is 0.462. The molecule has 0 saturated heterocycles. The van der Waals surface area contributed by atoms with Gasteiger partial charge >= 0.3 is 0 Å². The minimum absolute atomic E-state index is 0.587. The van der Waals surface area contributed by atoms with Crippen LogP contribution >= 0.6 is 23.8 Å². The Bertz CT molecular complexity index is 423. The van der Waals surface area contributed by atoms with Crippen LogP contribution in [-0.2, 0) is 0 Å². The lowest BCUT2D eigenvalue weighted by atomic mass is 10.3. The van der Waals surface area contributed by atoms with E-state index in [1.54, 1.807) is 0 Å². The Morgan fingerprint density at radius 3 is 3.00 bits per heavy atom. The fourth-order valence-electron chi connectivity index (χ4n) is 1.47. The number of halogens is 1. The maximum Gasteiger partial charge on any atom is 0.169 e. The molecule has 18 heavy (non-hydrogen) atoms. The van der Waals surface area contributed by atoms with E-state index in [2.05, 4.69) is 5.32 Å². The number of rotatable bonds is 5. The molecule has 0 unspecified atom stereocenters. The zero-order valence-electron chi connectivity index (χ0n) is 10.4. The average molecular weight is 285 g/mol. The van der Waals surface area contributed by atoms with E-state index in [0.717, 1.165) is 17.4 Å². The molecular formula is C13H17ClN2OS. The molecule has 0 spiro atoms. The standard InChI is InChI=1S/C13H17ClN2OS/c1-16(13(18)15-11-5-6-11)7-8-17-12-4-2-3-10(14)9-12/h2-4,9,11H,5-8H2,1H3,(H,15,18). The Morgan fingerprint density at radius 2 is 2.33 bits per heavy atom. The minimum atomic E-state index is 0.587. The molecule has 1 aromatic carbocycles. The van der Waals surface area contributed by atoms with Crippen molar-refractivity contribution < 1.29 is 4.74 Å². The summed E-state index contributed by atoms with van der Waals surface area (Å²) in [5, 5.41) is 4.78. The van der Waals surface area contributed by atoms with Crippen molar-refractivity contribution in [3.05, 3.63) is 29.3 Å². The molecule has 0 aromatic heterocycles. The van der Waals surface area contributed by atoms with Crippen molar-refractivity contribution in [2.24, 2.45) is 0 Å². The quantitative estimate of drug-likeness (QED) is 0.841. The summed E-state index contributed by atoms with van der Waals surface area (Å²) in [7, 11) is 1.97. The number of ether oxygens (including phenoxy) is 1. The number of benzene rings is 1. The number of hydrogen-bond donors (Lipinski definition) is 1. The largest absolute Gasteiger partial charge is 0.492 e. The van der Waals surface area contributed by atoms with E-state index in [4.69, 9.17) is 28.6 Å². The first-order valence-corrected chi connectivity index (χ1v) is 6.84. The highest BCUT2D eigenvalue weighted by Crippen LogP contribution is 2.19. The molecule has 5 heteroatoms. The predicted molar refractivity (Wildman–Crippen MR) is 78.3 cm³/mol. The second-order valence-corrected chi connectivity index (χ2v) is 5.27. The highest BCUT2D eigenvalue weighted by molar-refractivity contribution is 7.80. The lowest BCUT2D eigenvalue weighted by molar-refractivity contribution is 0.283. The van der Waals surface area contributed by atoms with Crippen molar-refractivity contribution in [1.29, 1.82) is 0 Å². The molecule has 0 heterocycles. The summed E-state index contributed by atoms with van der Waals surface area (Å²) in [6, 6.07) is 8.00. The van der Waals surface area contributed by atoms with Gasteiger partial charge in [0, 0.05) is 18.1 Å². The van der Waals surface area contributed by atoms with Gasteiger partial charge in [-0.3, -0.25) is 0 Å². The summed E-state index contributed by atoms with van der Waals surface area (Å²) in [5.41, 5.74) is 0. The van der Waals surface area contributed by atoms with Gasteiger partial charge in [-0.05, 0) is 43.3 Å². The van der Waals surface area contributed by atoms with Crippen LogP contribution in [0.4, 0.5) is 0 Å². The van der Waals surface area contributed by atoms with Gasteiger partial charge in [0.2, 0.25) is 0 Å². The zero-order valence-corrected chi connectivity index (χ0v) is 11.9. The molecule has 0 aliphatic heterocycles. The predicted octanol–water partition coefficient (Wildman–Crippen LogP) is 2.69. The van der Waals surface area contributed by atoms with Gasteiger partial charge in [-0.2, -0.15) is 0 Å². The van der Waals surface area contributed by atoms with E-state index >= 15 is 0 Å². The highest BCUT2D eigenvalue weighted by Gasteiger charge is 2.22. The van der Waals surface area contributed by atoms with Gasteiger partial charge in [0.05, 0.1) is 6.54 Å². The normalized spacial score (nSPS) is 14.1. The third-order valence-electron chi connectivity index (χ3n) is 2.74. The van der Waals surface area contributed by atoms with Crippen LogP contribution in [0.3, 0.4) is 0 Å². The molecule has 0 bridgehead atoms. The highest BCUT2D eigenvalue weighted by atomic mass is 35.5. The van der Waals surface area contributed by atoms with E-state index < -0.39 is 0 Å². The second-order valence-electron chi connectivity index (χ2n) is 4.45. The van der Waals surface area contributed by atoms with Crippen LogP contribution in [-0.4, -0.2) is 36.3 Å². The Kier molecular flexibility index (Phi) is 4.66. The molecule has 1 N–H and O–H groups in total. The third kappa shape index (κ3) is 4.35. The molecule has 1 aliphatic rings. The van der Waals surface area contributed by atoms with E-state index in [0.29, 0.717) is 17.7 Å². The minimum Gasteiger partial charge on any atom is -0.492 e. The van der Waals surface area contributed by atoms with Gasteiger partial charge < -0.3 is 15.0 Å². The lowest BCUT2D eigenvalue weighted by Gasteiger charge is -2.21. The Labute approximate surface area is 118 Å². The average Bonchev–Trinajstić information content (AvgIpc) is 3.13. The Hall–Kier alpha value is -1.00. The van der Waals surface area contributed by atoms with Gasteiger partial charge in [0.1, 0.15) is 12.4 Å². The van der Waals surface area contributed by atoms with Gasteiger partial charge in [0.15, 0.2) is 5.11 Å². The maximum absolute atomic E-state index is 5.88. The molecule has 0 radical (unpaired) electrons. The van der Waals surface area contributed by atoms with Crippen molar-refractivity contribution in [3.63, 3.8) is 0 Å². The molecule has 1 fully saturated rings. The summed E-state index contributed by atoms with van der Waals surface area (Å²) < 4.78 is 5.61. The second kappa shape index (κ2) is 6.25. The van der Waals surface area contributed by atoms with E-state index in [9.17, 15) is 0 Å². The van der Waals surface area contributed by atoms with Gasteiger partial charge in [-0.15, -0.1) is 0 Å². The molecular weight excluding hydrogens is 268 g/mol. The summed E-state index contributed by atoms with van der Waals surface area (Å²) in [5.74, 6) is 0.789. The van der Waals surface area contributed by atoms with Crippen molar-refractivity contribution in [1.82, 2.24) is 10.2 Å². The third-order valence-corrected chi connectivity index (χ3v) is 3.41. The smallest absolute Gasteiger partial charge is 0.169 e. The van der Waals surface area contributed by atoms with Crippen LogP contribution in [0.15, 0.2) is 24.3 Å². The van der Waals surface area contributed by atoms with Crippen LogP contribution in [0.25, 0.3) is 0 Å². The van der Waals surface area contributed by atoms with E-state index in [1.165, 1.54) is 12.8 Å². The first-order valence-electron chi connectivity index (χ1n) is 6.05. The monoisotopic (exact) mass is 284 g/mol. The number of likely N-dealkylation sites (N-methyl/N-ethyl adjacent to an activating group) is 1. The van der Waals surface area contributed by atoms with Crippen molar-refractivity contribution in [2.45, 2.75) is 18.9 Å². The van der Waals surface area contributed by atoms with E-state index in [1.807, 2.05) is 36.2 Å². The topological polar surface area (TPSA) is 24.5 Å². The Balaban J connectivity index is 1.69. The van der Waals surface area contributed by atoms with Crippen LogP contribution in [0.1, 0.15) is 12.8 Å². The molecule has 2 rings (SSSR count). The van der Waals surface area contributed by atoms with Crippen LogP contribution in [0.2, 0.25) is 5.02 Å². The maximum atomic E-state index is 5.88. The van der Waals surface area contributed by atoms with Gasteiger partial charge in [-0.25, -0.2) is 0 Å². The number of nitrogens with one attached hydrogen (secondary N) is 1. The molecule has 1 aliphatic carbocycles. The molecule has 98 valence electrons. The fourth-order valence-corrected chi connectivity index (χ4v) is 1.91. The van der Waals surface area contributed by atoms with E-state index in [-0.39, 0.29) is 0 Å². The lowest BCUT2D eigenvalue weighted by Crippen LogP contribution is -2.40. The zero-order chi connectivity index (χ0) is 13.0. The summed E-state index contributed by atoms with van der Waals surface area (Å²) in [6.07, 6.45) is 2.46. The van der Waals surface area contributed by atoms with Crippen molar-refractivity contribution in [3.8, 4) is 5.75 Å². The first kappa shape index (κ1) is 13.4. The van der Waals surface area contributed by atoms with Crippen molar-refractivity contribution in [2.75, 3.05) is 20.2 Å². The SMILES string of the molecule is CN(CCOc1cccc(Cl)c1)C(=S)NC1CC1. The molecule has 3 nitrogen and oxygen atoms in total. The number of hydrogen-bond acceptors (Lipinski definition) is 2.